The molecule has 102 valence electrons. The van der Waals surface area contributed by atoms with E-state index in [0.717, 1.165) is 23.9 Å². The van der Waals surface area contributed by atoms with E-state index in [9.17, 15) is 4.79 Å². The van der Waals surface area contributed by atoms with Gasteiger partial charge >= 0.3 is 0 Å². The molecule has 2 aromatic rings. The van der Waals surface area contributed by atoms with Crippen molar-refractivity contribution in [2.24, 2.45) is 0 Å². The summed E-state index contributed by atoms with van der Waals surface area (Å²) in [5.74, 6) is -0.101. The molecule has 0 aliphatic heterocycles. The van der Waals surface area contributed by atoms with Crippen LogP contribution in [0.15, 0.2) is 24.4 Å². The zero-order valence-electron chi connectivity index (χ0n) is 10.7. The van der Waals surface area contributed by atoms with Gasteiger partial charge in [0.05, 0.1) is 16.7 Å². The number of fused-ring (bicyclic) bond motifs is 1. The first-order chi connectivity index (χ1) is 9.22. The quantitative estimate of drug-likeness (QED) is 0.822. The Hall–Kier alpha value is -1.59. The molecule has 2 rings (SSSR count). The smallest absolute Gasteiger partial charge is 0.245 e. The van der Waals surface area contributed by atoms with Crippen molar-refractivity contribution in [2.45, 2.75) is 13.0 Å². The van der Waals surface area contributed by atoms with Gasteiger partial charge in [0.25, 0.3) is 0 Å². The Morgan fingerprint density at radius 1 is 1.53 bits per heavy atom. The number of rotatable bonds is 6. The first-order valence-electron chi connectivity index (χ1n) is 6.08. The van der Waals surface area contributed by atoms with Crippen LogP contribution in [0.1, 0.15) is 6.42 Å². The summed E-state index contributed by atoms with van der Waals surface area (Å²) in [6.45, 7) is 1.43. The number of carbonyl (C=O) groups is 1. The van der Waals surface area contributed by atoms with E-state index in [1.165, 1.54) is 7.11 Å². The second kappa shape index (κ2) is 6.54. The summed E-state index contributed by atoms with van der Waals surface area (Å²) < 4.78 is 6.63. The van der Waals surface area contributed by atoms with Gasteiger partial charge < -0.3 is 10.1 Å². The van der Waals surface area contributed by atoms with Crippen molar-refractivity contribution in [1.29, 1.82) is 0 Å². The zero-order valence-corrected chi connectivity index (χ0v) is 11.5. The van der Waals surface area contributed by atoms with Crippen LogP contribution in [0.5, 0.6) is 0 Å². The molecule has 0 aliphatic rings. The van der Waals surface area contributed by atoms with Gasteiger partial charge in [0.1, 0.15) is 6.61 Å². The van der Waals surface area contributed by atoms with E-state index in [0.29, 0.717) is 11.6 Å². The molecular formula is C13H16ClN3O2. The molecule has 0 aliphatic carbocycles. The van der Waals surface area contributed by atoms with Gasteiger partial charge in [-0.15, -0.1) is 0 Å². The molecule has 1 heterocycles. The predicted octanol–water partition coefficient (Wildman–Crippen LogP) is 1.84. The van der Waals surface area contributed by atoms with Gasteiger partial charge in [-0.1, -0.05) is 17.7 Å². The first-order valence-corrected chi connectivity index (χ1v) is 6.46. The molecule has 1 aromatic heterocycles. The number of methoxy groups -OCH3 is 1. The number of aromatic nitrogens is 2. The molecule has 1 aromatic carbocycles. The van der Waals surface area contributed by atoms with E-state index in [2.05, 4.69) is 10.4 Å². The first kappa shape index (κ1) is 13.8. The maximum atomic E-state index is 11.2. The average molecular weight is 282 g/mol. The van der Waals surface area contributed by atoms with Crippen LogP contribution < -0.4 is 5.32 Å². The lowest BCUT2D eigenvalue weighted by molar-refractivity contribution is -0.124. The summed E-state index contributed by atoms with van der Waals surface area (Å²) in [5.41, 5.74) is 1.01. The second-order valence-corrected chi connectivity index (χ2v) is 4.58. The fraction of sp³-hybridized carbons (Fsp3) is 0.385. The van der Waals surface area contributed by atoms with E-state index >= 15 is 0 Å². The number of nitrogens with zero attached hydrogens (tertiary/aromatic N) is 2. The van der Waals surface area contributed by atoms with Crippen LogP contribution in [0.25, 0.3) is 10.9 Å². The maximum Gasteiger partial charge on any atom is 0.245 e. The highest BCUT2D eigenvalue weighted by molar-refractivity contribution is 6.35. The van der Waals surface area contributed by atoms with Crippen LogP contribution >= 0.6 is 11.6 Å². The van der Waals surface area contributed by atoms with Crippen molar-refractivity contribution in [1.82, 2.24) is 15.1 Å². The fourth-order valence-electron chi connectivity index (χ4n) is 1.89. The Morgan fingerprint density at radius 3 is 3.16 bits per heavy atom. The summed E-state index contributed by atoms with van der Waals surface area (Å²) in [7, 11) is 1.50. The van der Waals surface area contributed by atoms with Gasteiger partial charge in [-0.05, 0) is 18.6 Å². The lowest BCUT2D eigenvalue weighted by Crippen LogP contribution is -2.28. The lowest BCUT2D eigenvalue weighted by atomic mass is 10.2. The van der Waals surface area contributed by atoms with Gasteiger partial charge in [0, 0.05) is 25.6 Å². The largest absolute Gasteiger partial charge is 0.375 e. The number of halogens is 1. The minimum atomic E-state index is -0.101. The van der Waals surface area contributed by atoms with Crippen LogP contribution in [0, 0.1) is 0 Å². The van der Waals surface area contributed by atoms with Gasteiger partial charge in [0.2, 0.25) is 5.91 Å². The van der Waals surface area contributed by atoms with Crippen molar-refractivity contribution in [3.63, 3.8) is 0 Å². The Labute approximate surface area is 116 Å². The SMILES string of the molecule is COCC(=O)NCCCn1ncc2c(Cl)cccc21. The monoisotopic (exact) mass is 281 g/mol. The minimum Gasteiger partial charge on any atom is -0.375 e. The van der Waals surface area contributed by atoms with Gasteiger partial charge in [-0.2, -0.15) is 5.10 Å². The second-order valence-electron chi connectivity index (χ2n) is 4.18. The van der Waals surface area contributed by atoms with Crippen molar-refractivity contribution >= 4 is 28.4 Å². The molecule has 1 amide bonds. The number of nitrogens with one attached hydrogen (secondary N) is 1. The third-order valence-electron chi connectivity index (χ3n) is 2.78. The van der Waals surface area contributed by atoms with Crippen LogP contribution in [-0.4, -0.2) is 35.9 Å². The van der Waals surface area contributed by atoms with Gasteiger partial charge in [-0.3, -0.25) is 9.48 Å². The molecule has 0 saturated carbocycles. The minimum absolute atomic E-state index is 0.0975. The Kier molecular flexibility index (Phi) is 4.76. The molecule has 0 spiro atoms. The van der Waals surface area contributed by atoms with Crippen LogP contribution in [0.4, 0.5) is 0 Å². The highest BCUT2D eigenvalue weighted by atomic mass is 35.5. The molecule has 0 fully saturated rings. The predicted molar refractivity (Wildman–Crippen MR) is 74.2 cm³/mol. The number of ether oxygens (including phenoxy) is 1. The number of aryl methyl sites for hydroxylation is 1. The molecule has 0 atom stereocenters. The topological polar surface area (TPSA) is 56.1 Å². The van der Waals surface area contributed by atoms with Crippen LogP contribution in [-0.2, 0) is 16.1 Å². The number of benzene rings is 1. The normalized spacial score (nSPS) is 10.8. The van der Waals surface area contributed by atoms with E-state index < -0.39 is 0 Å². The summed E-state index contributed by atoms with van der Waals surface area (Å²) in [6.07, 6.45) is 2.57. The van der Waals surface area contributed by atoms with Crippen LogP contribution in [0.2, 0.25) is 5.02 Å². The molecule has 0 radical (unpaired) electrons. The summed E-state index contributed by atoms with van der Waals surface area (Å²) in [5, 5.41) is 8.74. The number of carbonyl (C=O) groups excluding carboxylic acids is 1. The lowest BCUT2D eigenvalue weighted by Gasteiger charge is -2.06. The van der Waals surface area contributed by atoms with Gasteiger partial charge in [-0.25, -0.2) is 0 Å². The molecular weight excluding hydrogens is 266 g/mol. The highest BCUT2D eigenvalue weighted by Crippen LogP contribution is 2.22. The number of hydrogen-bond donors (Lipinski definition) is 1. The third kappa shape index (κ3) is 3.45. The molecule has 0 unspecified atom stereocenters. The van der Waals surface area contributed by atoms with Gasteiger partial charge in [0.15, 0.2) is 0 Å². The van der Waals surface area contributed by atoms with Crippen molar-refractivity contribution in [3.8, 4) is 0 Å². The van der Waals surface area contributed by atoms with E-state index in [-0.39, 0.29) is 12.5 Å². The van der Waals surface area contributed by atoms with Crippen molar-refractivity contribution < 1.29 is 9.53 Å². The molecule has 1 N–H and O–H groups in total. The maximum absolute atomic E-state index is 11.2. The number of amides is 1. The standard InChI is InChI=1S/C13H16ClN3O2/c1-19-9-13(18)15-6-3-7-17-12-5-2-4-11(14)10(12)8-16-17/h2,4-5,8H,3,6-7,9H2,1H3,(H,15,18). The Morgan fingerprint density at radius 2 is 2.37 bits per heavy atom. The van der Waals surface area contributed by atoms with Crippen molar-refractivity contribution in [3.05, 3.63) is 29.4 Å². The summed E-state index contributed by atoms with van der Waals surface area (Å²) >= 11 is 6.08. The fourth-order valence-corrected chi connectivity index (χ4v) is 2.10. The zero-order chi connectivity index (χ0) is 13.7. The third-order valence-corrected chi connectivity index (χ3v) is 3.11. The summed E-state index contributed by atoms with van der Waals surface area (Å²) in [6, 6.07) is 5.74. The molecule has 0 saturated heterocycles. The molecule has 6 heteroatoms. The van der Waals surface area contributed by atoms with E-state index in [1.807, 2.05) is 22.9 Å². The Bertz CT molecular complexity index is 568. The highest BCUT2D eigenvalue weighted by Gasteiger charge is 2.05. The van der Waals surface area contributed by atoms with Crippen LogP contribution in [0.3, 0.4) is 0 Å². The van der Waals surface area contributed by atoms with E-state index in [1.54, 1.807) is 6.20 Å². The van der Waals surface area contributed by atoms with E-state index in [4.69, 9.17) is 16.3 Å². The average Bonchev–Trinajstić information content (AvgIpc) is 2.80. The summed E-state index contributed by atoms with van der Waals surface area (Å²) in [4.78, 5) is 11.2. The molecule has 0 bridgehead atoms. The molecule has 19 heavy (non-hydrogen) atoms. The Balaban J connectivity index is 1.89. The van der Waals surface area contributed by atoms with Crippen molar-refractivity contribution in [2.75, 3.05) is 20.3 Å². The molecule has 5 nitrogen and oxygen atoms in total. The number of hydrogen-bond acceptors (Lipinski definition) is 3.